The maximum atomic E-state index is 12.6. The molecule has 1 saturated heterocycles. The van der Waals surface area contributed by atoms with Gasteiger partial charge < -0.3 is 14.8 Å². The average molecular weight is 431 g/mol. The molecule has 30 heavy (non-hydrogen) atoms. The second-order valence-electron chi connectivity index (χ2n) is 7.52. The molecule has 2 aliphatic rings. The van der Waals surface area contributed by atoms with Crippen LogP contribution >= 0.6 is 0 Å². The summed E-state index contributed by atoms with van der Waals surface area (Å²) in [5.74, 6) is 0.187. The topological polar surface area (TPSA) is 84.9 Å². The van der Waals surface area contributed by atoms with Crippen molar-refractivity contribution in [2.75, 3.05) is 38.2 Å². The first-order chi connectivity index (χ1) is 14.5. The number of aryl methyl sites for hydroxylation is 2. The van der Waals surface area contributed by atoms with Crippen molar-refractivity contribution in [3.63, 3.8) is 0 Å². The number of nitrogens with zero attached hydrogens (tertiary/aromatic N) is 1. The lowest BCUT2D eigenvalue weighted by molar-refractivity contribution is -0.118. The first kappa shape index (κ1) is 20.8. The van der Waals surface area contributed by atoms with Gasteiger partial charge in [0.2, 0.25) is 10.0 Å². The van der Waals surface area contributed by atoms with Gasteiger partial charge in [-0.15, -0.1) is 0 Å². The number of carbonyl (C=O) groups excluding carboxylic acids is 1. The van der Waals surface area contributed by atoms with Gasteiger partial charge in [-0.25, -0.2) is 8.42 Å². The predicted molar refractivity (Wildman–Crippen MR) is 113 cm³/mol. The van der Waals surface area contributed by atoms with Crippen molar-refractivity contribution in [1.29, 1.82) is 0 Å². The Labute approximate surface area is 177 Å². The van der Waals surface area contributed by atoms with E-state index in [1.165, 1.54) is 40.4 Å². The van der Waals surface area contributed by atoms with Crippen molar-refractivity contribution in [2.24, 2.45) is 0 Å². The van der Waals surface area contributed by atoms with Crippen molar-refractivity contribution < 1.29 is 22.7 Å². The Balaban J connectivity index is 1.32. The zero-order valence-corrected chi connectivity index (χ0v) is 17.6. The van der Waals surface area contributed by atoms with Gasteiger partial charge in [-0.05, 0) is 73.2 Å². The van der Waals surface area contributed by atoms with E-state index < -0.39 is 10.0 Å². The van der Waals surface area contributed by atoms with E-state index in [2.05, 4.69) is 11.4 Å². The molecule has 1 amide bonds. The van der Waals surface area contributed by atoms with Crippen LogP contribution in [0, 0.1) is 0 Å². The molecule has 0 spiro atoms. The smallest absolute Gasteiger partial charge is 0.262 e. The molecular weight excluding hydrogens is 404 g/mol. The summed E-state index contributed by atoms with van der Waals surface area (Å²) in [6, 6.07) is 12.2. The summed E-state index contributed by atoms with van der Waals surface area (Å²) < 4.78 is 37.4. The van der Waals surface area contributed by atoms with Crippen LogP contribution in [-0.4, -0.2) is 51.5 Å². The van der Waals surface area contributed by atoms with E-state index in [0.717, 1.165) is 18.5 Å². The first-order valence-corrected chi connectivity index (χ1v) is 11.7. The van der Waals surface area contributed by atoms with E-state index in [9.17, 15) is 13.2 Å². The standard InChI is InChI=1S/C22H26N2O5S/c25-22(23-19-6-5-17-3-1-2-4-18(17)15-19)16-29-20-7-9-21(10-8-20)30(26,27)24-11-13-28-14-12-24/h5-10,15H,1-4,11-14,16H2,(H,23,25). The highest BCUT2D eigenvalue weighted by atomic mass is 32.2. The summed E-state index contributed by atoms with van der Waals surface area (Å²) >= 11 is 0. The third-order valence-electron chi connectivity index (χ3n) is 5.43. The molecule has 0 bridgehead atoms. The Morgan fingerprint density at radius 2 is 1.70 bits per heavy atom. The summed E-state index contributed by atoms with van der Waals surface area (Å²) in [7, 11) is -3.54. The summed E-state index contributed by atoms with van der Waals surface area (Å²) in [6.45, 7) is 1.36. The second-order valence-corrected chi connectivity index (χ2v) is 9.45. The normalized spacial score (nSPS) is 17.2. The Morgan fingerprint density at radius 3 is 2.43 bits per heavy atom. The highest BCUT2D eigenvalue weighted by Gasteiger charge is 2.26. The molecule has 1 fully saturated rings. The number of morpholine rings is 1. The molecule has 4 rings (SSSR count). The molecule has 0 radical (unpaired) electrons. The molecule has 160 valence electrons. The van der Waals surface area contributed by atoms with Gasteiger partial charge in [0.15, 0.2) is 6.61 Å². The molecule has 2 aromatic carbocycles. The average Bonchev–Trinajstić information content (AvgIpc) is 2.78. The summed E-state index contributed by atoms with van der Waals surface area (Å²) in [5, 5.41) is 2.86. The summed E-state index contributed by atoms with van der Waals surface area (Å²) in [4.78, 5) is 12.4. The Morgan fingerprint density at radius 1 is 1.00 bits per heavy atom. The van der Waals surface area contributed by atoms with Crippen molar-refractivity contribution in [1.82, 2.24) is 4.31 Å². The van der Waals surface area contributed by atoms with Gasteiger partial charge >= 0.3 is 0 Å². The first-order valence-electron chi connectivity index (χ1n) is 10.2. The largest absolute Gasteiger partial charge is 0.484 e. The van der Waals surface area contributed by atoms with E-state index in [4.69, 9.17) is 9.47 Å². The zero-order chi connectivity index (χ0) is 21.0. The molecular formula is C22H26N2O5S. The monoisotopic (exact) mass is 430 g/mol. The molecule has 1 heterocycles. The van der Waals surface area contributed by atoms with Crippen molar-refractivity contribution in [3.8, 4) is 5.75 Å². The van der Waals surface area contributed by atoms with E-state index >= 15 is 0 Å². The Bertz CT molecular complexity index is 999. The number of sulfonamides is 1. The van der Waals surface area contributed by atoms with Crippen LogP contribution in [0.5, 0.6) is 5.75 Å². The fourth-order valence-electron chi connectivity index (χ4n) is 3.80. The van der Waals surface area contributed by atoms with E-state index in [1.807, 2.05) is 12.1 Å². The number of carbonyl (C=O) groups is 1. The SMILES string of the molecule is O=C(COc1ccc(S(=O)(=O)N2CCOCC2)cc1)Nc1ccc2c(c1)CCCC2. The van der Waals surface area contributed by atoms with Crippen molar-refractivity contribution in [3.05, 3.63) is 53.6 Å². The van der Waals surface area contributed by atoms with Crippen molar-refractivity contribution >= 4 is 21.6 Å². The van der Waals surface area contributed by atoms with E-state index in [-0.39, 0.29) is 17.4 Å². The predicted octanol–water partition coefficient (Wildman–Crippen LogP) is 2.60. The Kier molecular flexibility index (Phi) is 6.36. The van der Waals surface area contributed by atoms with Crippen molar-refractivity contribution in [2.45, 2.75) is 30.6 Å². The number of fused-ring (bicyclic) bond motifs is 1. The van der Waals surface area contributed by atoms with Crippen LogP contribution in [0.3, 0.4) is 0 Å². The minimum Gasteiger partial charge on any atom is -0.484 e. The highest BCUT2D eigenvalue weighted by molar-refractivity contribution is 7.89. The maximum Gasteiger partial charge on any atom is 0.262 e. The number of rotatable bonds is 6. The van der Waals surface area contributed by atoms with Crippen LogP contribution < -0.4 is 10.1 Å². The number of ether oxygens (including phenoxy) is 2. The number of hydrogen-bond acceptors (Lipinski definition) is 5. The summed E-state index contributed by atoms with van der Waals surface area (Å²) in [6.07, 6.45) is 4.56. The van der Waals surface area contributed by atoms with Gasteiger partial charge in [-0.3, -0.25) is 4.79 Å². The zero-order valence-electron chi connectivity index (χ0n) is 16.8. The number of amides is 1. The molecule has 0 saturated carbocycles. The third-order valence-corrected chi connectivity index (χ3v) is 7.35. The molecule has 2 aromatic rings. The Hall–Kier alpha value is -2.42. The number of hydrogen-bond donors (Lipinski definition) is 1. The molecule has 8 heteroatoms. The lowest BCUT2D eigenvalue weighted by atomic mass is 9.91. The maximum absolute atomic E-state index is 12.6. The van der Waals surface area contributed by atoms with Crippen LogP contribution in [0.25, 0.3) is 0 Å². The molecule has 1 N–H and O–H groups in total. The molecule has 0 aromatic heterocycles. The van der Waals surface area contributed by atoms with E-state index in [1.54, 1.807) is 12.1 Å². The second kappa shape index (κ2) is 9.16. The van der Waals surface area contributed by atoms with Gasteiger partial charge in [0.1, 0.15) is 5.75 Å². The highest BCUT2D eigenvalue weighted by Crippen LogP contribution is 2.24. The molecule has 7 nitrogen and oxygen atoms in total. The molecule has 0 atom stereocenters. The third kappa shape index (κ3) is 4.83. The van der Waals surface area contributed by atoms with Gasteiger partial charge in [-0.2, -0.15) is 4.31 Å². The van der Waals surface area contributed by atoms with E-state index in [0.29, 0.717) is 32.1 Å². The minimum atomic E-state index is -3.54. The number of benzene rings is 2. The van der Waals surface area contributed by atoms with Crippen LogP contribution in [0.15, 0.2) is 47.4 Å². The molecule has 1 aliphatic carbocycles. The molecule has 0 unspecified atom stereocenters. The van der Waals surface area contributed by atoms with Gasteiger partial charge in [0, 0.05) is 18.8 Å². The van der Waals surface area contributed by atoms with Gasteiger partial charge in [0.05, 0.1) is 18.1 Å². The fourth-order valence-corrected chi connectivity index (χ4v) is 5.21. The van der Waals surface area contributed by atoms with Gasteiger partial charge in [-0.1, -0.05) is 6.07 Å². The lowest BCUT2D eigenvalue weighted by Crippen LogP contribution is -2.40. The molecule has 1 aliphatic heterocycles. The summed E-state index contributed by atoms with van der Waals surface area (Å²) in [5.41, 5.74) is 3.44. The lowest BCUT2D eigenvalue weighted by Gasteiger charge is -2.26. The van der Waals surface area contributed by atoms with Crippen LogP contribution in [0.1, 0.15) is 24.0 Å². The van der Waals surface area contributed by atoms with Crippen LogP contribution in [0.2, 0.25) is 0 Å². The fraction of sp³-hybridized carbons (Fsp3) is 0.409. The number of anilines is 1. The minimum absolute atomic E-state index is 0.146. The van der Waals surface area contributed by atoms with Crippen LogP contribution in [-0.2, 0) is 32.4 Å². The quantitative estimate of drug-likeness (QED) is 0.762. The number of nitrogens with one attached hydrogen (secondary N) is 1. The van der Waals surface area contributed by atoms with Crippen LogP contribution in [0.4, 0.5) is 5.69 Å². The van der Waals surface area contributed by atoms with Gasteiger partial charge in [0.25, 0.3) is 5.91 Å².